The number of carbonyl (C=O) groups is 3. The van der Waals surface area contributed by atoms with Gasteiger partial charge in [0.1, 0.15) is 6.04 Å². The van der Waals surface area contributed by atoms with Crippen molar-refractivity contribution in [1.82, 2.24) is 4.90 Å². The summed E-state index contributed by atoms with van der Waals surface area (Å²) in [4.78, 5) is 36.8. The molecule has 0 aromatic rings. The maximum atomic E-state index is 12.3. The zero-order chi connectivity index (χ0) is 14.8. The number of imide groups is 1. The number of carboxylic acids is 1. The summed E-state index contributed by atoms with van der Waals surface area (Å²) in [6, 6.07) is -1.10. The standard InChI is InChI=1S/C14H21NO5/c1-20-7-4-10(13(18)19)15-11(16)8-14(9-12(15)17)5-2-3-6-14/h10H,2-9H2,1H3,(H,18,19). The quantitative estimate of drug-likeness (QED) is 0.766. The van der Waals surface area contributed by atoms with E-state index < -0.39 is 12.0 Å². The molecular weight excluding hydrogens is 262 g/mol. The van der Waals surface area contributed by atoms with Crippen LogP contribution in [0.4, 0.5) is 0 Å². The molecule has 2 aliphatic rings. The van der Waals surface area contributed by atoms with Crippen LogP contribution in [0.1, 0.15) is 44.9 Å². The van der Waals surface area contributed by atoms with E-state index in [-0.39, 0.29) is 30.3 Å². The first-order valence-corrected chi connectivity index (χ1v) is 7.06. The lowest BCUT2D eigenvalue weighted by Gasteiger charge is -2.39. The zero-order valence-corrected chi connectivity index (χ0v) is 11.8. The molecule has 2 rings (SSSR count). The number of ether oxygens (including phenoxy) is 1. The van der Waals surface area contributed by atoms with E-state index in [0.717, 1.165) is 30.6 Å². The Labute approximate surface area is 118 Å². The largest absolute Gasteiger partial charge is 0.480 e. The molecule has 112 valence electrons. The average Bonchev–Trinajstić information content (AvgIpc) is 2.79. The van der Waals surface area contributed by atoms with Crippen LogP contribution in [0.5, 0.6) is 0 Å². The number of carbonyl (C=O) groups excluding carboxylic acids is 2. The molecule has 1 atom stereocenters. The Bertz CT molecular complexity index is 394. The first-order chi connectivity index (χ1) is 9.49. The van der Waals surface area contributed by atoms with Crippen molar-refractivity contribution in [3.8, 4) is 0 Å². The summed E-state index contributed by atoms with van der Waals surface area (Å²) in [7, 11) is 1.46. The van der Waals surface area contributed by atoms with Crippen molar-refractivity contribution in [3.05, 3.63) is 0 Å². The summed E-state index contributed by atoms with van der Waals surface area (Å²) in [6.07, 6.45) is 4.63. The zero-order valence-electron chi connectivity index (χ0n) is 11.8. The Hall–Kier alpha value is -1.43. The molecule has 0 aromatic carbocycles. The highest BCUT2D eigenvalue weighted by Crippen LogP contribution is 2.47. The molecule has 20 heavy (non-hydrogen) atoms. The number of rotatable bonds is 5. The molecule has 6 nitrogen and oxygen atoms in total. The fourth-order valence-corrected chi connectivity index (χ4v) is 3.43. The van der Waals surface area contributed by atoms with Crippen LogP contribution in [0.15, 0.2) is 0 Å². The third kappa shape index (κ3) is 2.85. The number of hydrogen-bond donors (Lipinski definition) is 1. The molecule has 0 bridgehead atoms. The second kappa shape index (κ2) is 5.91. The molecule has 1 unspecified atom stereocenters. The van der Waals surface area contributed by atoms with Crippen molar-refractivity contribution in [2.24, 2.45) is 5.41 Å². The van der Waals surface area contributed by atoms with Gasteiger partial charge in [0.15, 0.2) is 0 Å². The highest BCUT2D eigenvalue weighted by atomic mass is 16.5. The van der Waals surface area contributed by atoms with Crippen molar-refractivity contribution < 1.29 is 24.2 Å². The average molecular weight is 283 g/mol. The van der Waals surface area contributed by atoms with Gasteiger partial charge in [-0.3, -0.25) is 14.5 Å². The lowest BCUT2D eigenvalue weighted by molar-refractivity contribution is -0.164. The summed E-state index contributed by atoms with van der Waals surface area (Å²) in [6.45, 7) is 0.208. The first kappa shape index (κ1) is 15.0. The van der Waals surface area contributed by atoms with Gasteiger partial charge in [0.2, 0.25) is 11.8 Å². The number of methoxy groups -OCH3 is 1. The van der Waals surface area contributed by atoms with Crippen molar-refractivity contribution in [3.63, 3.8) is 0 Å². The van der Waals surface area contributed by atoms with Gasteiger partial charge in [-0.1, -0.05) is 12.8 Å². The molecule has 0 aromatic heterocycles. The molecule has 1 spiro atoms. The summed E-state index contributed by atoms with van der Waals surface area (Å²) in [5.74, 6) is -1.83. The molecule has 6 heteroatoms. The van der Waals surface area contributed by atoms with Gasteiger partial charge >= 0.3 is 5.97 Å². The fourth-order valence-electron chi connectivity index (χ4n) is 3.43. The van der Waals surface area contributed by atoms with Crippen LogP contribution in [0.3, 0.4) is 0 Å². The maximum Gasteiger partial charge on any atom is 0.327 e. The van der Waals surface area contributed by atoms with E-state index >= 15 is 0 Å². The van der Waals surface area contributed by atoms with E-state index in [1.807, 2.05) is 0 Å². The number of amides is 2. The van der Waals surface area contributed by atoms with E-state index in [9.17, 15) is 19.5 Å². The number of piperidine rings is 1. The topological polar surface area (TPSA) is 83.9 Å². The van der Waals surface area contributed by atoms with Gasteiger partial charge in [-0.25, -0.2) is 4.79 Å². The highest BCUT2D eigenvalue weighted by molar-refractivity contribution is 6.02. The Morgan fingerprint density at radius 3 is 2.30 bits per heavy atom. The van der Waals surface area contributed by atoms with Crippen LogP contribution in [0.25, 0.3) is 0 Å². The first-order valence-electron chi connectivity index (χ1n) is 7.06. The molecule has 1 heterocycles. The molecule has 1 N–H and O–H groups in total. The van der Waals surface area contributed by atoms with Crippen LogP contribution in [0, 0.1) is 5.41 Å². The third-order valence-corrected chi connectivity index (χ3v) is 4.45. The molecule has 2 amide bonds. The number of likely N-dealkylation sites (tertiary alicyclic amines) is 1. The molecule has 1 aliphatic carbocycles. The highest BCUT2D eigenvalue weighted by Gasteiger charge is 2.48. The lowest BCUT2D eigenvalue weighted by atomic mass is 9.76. The summed E-state index contributed by atoms with van der Waals surface area (Å²) < 4.78 is 4.86. The predicted molar refractivity (Wildman–Crippen MR) is 69.9 cm³/mol. The SMILES string of the molecule is COCCC(C(=O)O)N1C(=O)CC2(CCCC2)CC1=O. The third-order valence-electron chi connectivity index (χ3n) is 4.45. The maximum absolute atomic E-state index is 12.3. The van der Waals surface area contributed by atoms with Gasteiger partial charge in [0.05, 0.1) is 0 Å². The van der Waals surface area contributed by atoms with E-state index in [0.29, 0.717) is 12.8 Å². The Morgan fingerprint density at radius 1 is 1.30 bits per heavy atom. The van der Waals surface area contributed by atoms with Crippen LogP contribution in [-0.2, 0) is 19.1 Å². The minimum atomic E-state index is -1.15. The van der Waals surface area contributed by atoms with Crippen molar-refractivity contribution >= 4 is 17.8 Å². The van der Waals surface area contributed by atoms with Gasteiger partial charge in [0.25, 0.3) is 0 Å². The predicted octanol–water partition coefficient (Wildman–Crippen LogP) is 1.19. The van der Waals surface area contributed by atoms with E-state index in [4.69, 9.17) is 4.74 Å². The molecular formula is C14H21NO5. The second-order valence-corrected chi connectivity index (χ2v) is 5.85. The van der Waals surface area contributed by atoms with Crippen molar-refractivity contribution in [1.29, 1.82) is 0 Å². The summed E-state index contributed by atoms with van der Waals surface area (Å²) >= 11 is 0. The van der Waals surface area contributed by atoms with Gasteiger partial charge in [0, 0.05) is 33.0 Å². The van der Waals surface area contributed by atoms with Crippen LogP contribution >= 0.6 is 0 Å². The minimum Gasteiger partial charge on any atom is -0.480 e. The van der Waals surface area contributed by atoms with Crippen molar-refractivity contribution in [2.75, 3.05) is 13.7 Å². The summed E-state index contributed by atoms with van der Waals surface area (Å²) in [5, 5.41) is 9.24. The smallest absolute Gasteiger partial charge is 0.327 e. The minimum absolute atomic E-state index is 0.135. The van der Waals surface area contributed by atoms with Crippen molar-refractivity contribution in [2.45, 2.75) is 51.0 Å². The van der Waals surface area contributed by atoms with Crippen LogP contribution < -0.4 is 0 Å². The van der Waals surface area contributed by atoms with Gasteiger partial charge in [-0.05, 0) is 18.3 Å². The van der Waals surface area contributed by atoms with Crippen LogP contribution in [0.2, 0.25) is 0 Å². The van der Waals surface area contributed by atoms with Crippen LogP contribution in [-0.4, -0.2) is 47.5 Å². The molecule has 0 radical (unpaired) electrons. The number of carboxylic acid groups (broad SMARTS) is 1. The second-order valence-electron chi connectivity index (χ2n) is 5.85. The molecule has 1 saturated carbocycles. The lowest BCUT2D eigenvalue weighted by Crippen LogP contribution is -2.54. The number of aliphatic carboxylic acids is 1. The van der Waals surface area contributed by atoms with Gasteiger partial charge in [-0.2, -0.15) is 0 Å². The van der Waals surface area contributed by atoms with E-state index in [2.05, 4.69) is 0 Å². The Morgan fingerprint density at radius 2 is 1.85 bits per heavy atom. The van der Waals surface area contributed by atoms with E-state index in [1.165, 1.54) is 7.11 Å². The Balaban J connectivity index is 2.13. The normalized spacial score (nSPS) is 23.4. The Kier molecular flexibility index (Phi) is 4.42. The van der Waals surface area contributed by atoms with Gasteiger partial charge < -0.3 is 9.84 Å². The van der Waals surface area contributed by atoms with E-state index in [1.54, 1.807) is 0 Å². The summed E-state index contributed by atoms with van der Waals surface area (Å²) in [5.41, 5.74) is -0.199. The molecule has 2 fully saturated rings. The fraction of sp³-hybridized carbons (Fsp3) is 0.786. The number of hydrogen-bond acceptors (Lipinski definition) is 4. The number of nitrogens with zero attached hydrogens (tertiary/aromatic N) is 1. The van der Waals surface area contributed by atoms with Gasteiger partial charge in [-0.15, -0.1) is 0 Å². The molecule has 1 aliphatic heterocycles. The molecule has 1 saturated heterocycles. The monoisotopic (exact) mass is 283 g/mol.